The normalized spacial score (nSPS) is 10.8. The summed E-state index contributed by atoms with van der Waals surface area (Å²) in [6, 6.07) is 7.89. The predicted molar refractivity (Wildman–Crippen MR) is 76.4 cm³/mol. The molecule has 20 heavy (non-hydrogen) atoms. The Morgan fingerprint density at radius 2 is 2.00 bits per heavy atom. The molecule has 1 aromatic carbocycles. The minimum Gasteiger partial charge on any atom is -0.487 e. The molecule has 0 unspecified atom stereocenters. The molecule has 108 valence electrons. The van der Waals surface area contributed by atoms with E-state index in [-0.39, 0.29) is 6.61 Å². The zero-order valence-corrected chi connectivity index (χ0v) is 12.0. The molecule has 0 amide bonds. The Morgan fingerprint density at radius 3 is 2.65 bits per heavy atom. The summed E-state index contributed by atoms with van der Waals surface area (Å²) in [5.41, 5.74) is 2.64. The molecule has 0 bridgehead atoms. The molecular weight excluding hydrogens is 254 g/mol. The predicted octanol–water partition coefficient (Wildman–Crippen LogP) is 2.46. The first-order valence-electron chi connectivity index (χ1n) is 6.96. The quantitative estimate of drug-likeness (QED) is 0.843. The van der Waals surface area contributed by atoms with Crippen LogP contribution >= 0.6 is 0 Å². The maximum atomic E-state index is 9.32. The number of hydrogen-bond acceptors (Lipinski definition) is 4. The Kier molecular flexibility index (Phi) is 5.12. The van der Waals surface area contributed by atoms with Gasteiger partial charge in [0.15, 0.2) is 0 Å². The summed E-state index contributed by atoms with van der Waals surface area (Å²) in [4.78, 5) is 0. The molecule has 0 atom stereocenters. The first-order chi connectivity index (χ1) is 9.74. The van der Waals surface area contributed by atoms with Gasteiger partial charge >= 0.3 is 0 Å². The van der Waals surface area contributed by atoms with Crippen LogP contribution in [0.4, 0.5) is 0 Å². The third kappa shape index (κ3) is 3.57. The molecule has 5 heteroatoms. The highest BCUT2D eigenvalue weighted by atomic mass is 16.5. The lowest BCUT2D eigenvalue weighted by molar-refractivity contribution is 0.261. The summed E-state index contributed by atoms with van der Waals surface area (Å²) in [7, 11) is 0. The van der Waals surface area contributed by atoms with Crippen molar-refractivity contribution >= 4 is 0 Å². The molecule has 0 radical (unpaired) electrons. The van der Waals surface area contributed by atoms with E-state index in [1.165, 1.54) is 5.56 Å². The van der Waals surface area contributed by atoms with Crippen LogP contribution in [-0.2, 0) is 19.8 Å². The number of hydrogen-bond donors (Lipinski definition) is 1. The van der Waals surface area contributed by atoms with Gasteiger partial charge in [-0.1, -0.05) is 36.3 Å². The number of benzene rings is 1. The van der Waals surface area contributed by atoms with E-state index in [2.05, 4.69) is 17.2 Å². The van der Waals surface area contributed by atoms with E-state index in [4.69, 9.17) is 4.74 Å². The lowest BCUT2D eigenvalue weighted by atomic mass is 10.2. The molecule has 0 aliphatic carbocycles. The SMILES string of the molecule is CCCCn1nnc(CO)c1COc1ccc(C)cc1. The van der Waals surface area contributed by atoms with Crippen molar-refractivity contribution in [3.05, 3.63) is 41.2 Å². The van der Waals surface area contributed by atoms with E-state index in [0.717, 1.165) is 30.8 Å². The molecule has 0 saturated heterocycles. The molecular formula is C15H21N3O2. The zero-order valence-electron chi connectivity index (χ0n) is 12.0. The minimum absolute atomic E-state index is 0.112. The van der Waals surface area contributed by atoms with E-state index in [1.54, 1.807) is 0 Å². The van der Waals surface area contributed by atoms with Crippen molar-refractivity contribution in [1.29, 1.82) is 0 Å². The number of aliphatic hydroxyl groups excluding tert-OH is 1. The third-order valence-corrected chi connectivity index (χ3v) is 3.19. The molecule has 0 spiro atoms. The van der Waals surface area contributed by atoms with Crippen molar-refractivity contribution < 1.29 is 9.84 Å². The Balaban J connectivity index is 2.06. The first kappa shape index (κ1) is 14.5. The van der Waals surface area contributed by atoms with Gasteiger partial charge in [0, 0.05) is 6.54 Å². The highest BCUT2D eigenvalue weighted by Crippen LogP contribution is 2.15. The Hall–Kier alpha value is -1.88. The number of aryl methyl sites for hydroxylation is 2. The maximum Gasteiger partial charge on any atom is 0.132 e. The molecule has 0 saturated carbocycles. The maximum absolute atomic E-state index is 9.32. The number of aliphatic hydroxyl groups is 1. The van der Waals surface area contributed by atoms with Gasteiger partial charge in [-0.25, -0.2) is 4.68 Å². The fourth-order valence-corrected chi connectivity index (χ4v) is 1.92. The first-order valence-corrected chi connectivity index (χ1v) is 6.96. The fourth-order valence-electron chi connectivity index (χ4n) is 1.92. The lowest BCUT2D eigenvalue weighted by Gasteiger charge is -2.09. The monoisotopic (exact) mass is 275 g/mol. The van der Waals surface area contributed by atoms with Gasteiger partial charge in [0.1, 0.15) is 23.7 Å². The molecule has 1 aromatic heterocycles. The van der Waals surface area contributed by atoms with Crippen molar-refractivity contribution in [1.82, 2.24) is 15.0 Å². The summed E-state index contributed by atoms with van der Waals surface area (Å²) in [5, 5.41) is 17.4. The Labute approximate surface area is 119 Å². The molecule has 5 nitrogen and oxygen atoms in total. The van der Waals surface area contributed by atoms with E-state index in [9.17, 15) is 5.11 Å². The molecule has 2 aromatic rings. The van der Waals surface area contributed by atoms with Gasteiger partial charge in [-0.2, -0.15) is 0 Å². The van der Waals surface area contributed by atoms with Crippen molar-refractivity contribution in [3.8, 4) is 5.75 Å². The fraction of sp³-hybridized carbons (Fsp3) is 0.467. The average Bonchev–Trinajstić information content (AvgIpc) is 2.86. The third-order valence-electron chi connectivity index (χ3n) is 3.19. The van der Waals surface area contributed by atoms with E-state index in [1.807, 2.05) is 35.9 Å². The summed E-state index contributed by atoms with van der Waals surface area (Å²) in [6.45, 7) is 5.23. The number of rotatable bonds is 7. The number of ether oxygens (including phenoxy) is 1. The average molecular weight is 275 g/mol. The highest BCUT2D eigenvalue weighted by Gasteiger charge is 2.12. The van der Waals surface area contributed by atoms with Gasteiger partial charge in [-0.15, -0.1) is 5.10 Å². The highest BCUT2D eigenvalue weighted by molar-refractivity contribution is 5.26. The second-order valence-electron chi connectivity index (χ2n) is 4.82. The van der Waals surface area contributed by atoms with Crippen molar-refractivity contribution in [2.45, 2.75) is 46.4 Å². The van der Waals surface area contributed by atoms with Crippen molar-refractivity contribution in [3.63, 3.8) is 0 Å². The molecule has 0 fully saturated rings. The largest absolute Gasteiger partial charge is 0.487 e. The van der Waals surface area contributed by atoms with E-state index >= 15 is 0 Å². The van der Waals surface area contributed by atoms with Crippen LogP contribution in [0.25, 0.3) is 0 Å². The van der Waals surface area contributed by atoms with Gasteiger partial charge in [0.05, 0.1) is 6.61 Å². The number of nitrogens with zero attached hydrogens (tertiary/aromatic N) is 3. The second-order valence-corrected chi connectivity index (χ2v) is 4.82. The van der Waals surface area contributed by atoms with Crippen LogP contribution in [0.2, 0.25) is 0 Å². The van der Waals surface area contributed by atoms with Crippen LogP contribution in [0.15, 0.2) is 24.3 Å². The molecule has 1 N–H and O–H groups in total. The Morgan fingerprint density at radius 1 is 1.25 bits per heavy atom. The summed E-state index contributed by atoms with van der Waals surface area (Å²) >= 11 is 0. The molecule has 0 aliphatic heterocycles. The van der Waals surface area contributed by atoms with E-state index in [0.29, 0.717) is 12.3 Å². The van der Waals surface area contributed by atoms with Crippen LogP contribution in [0.5, 0.6) is 5.75 Å². The van der Waals surface area contributed by atoms with Gasteiger partial charge in [-0.3, -0.25) is 0 Å². The van der Waals surface area contributed by atoms with Crippen molar-refractivity contribution in [2.24, 2.45) is 0 Å². The molecule has 0 aliphatic rings. The summed E-state index contributed by atoms with van der Waals surface area (Å²) in [5.74, 6) is 0.808. The zero-order chi connectivity index (χ0) is 14.4. The van der Waals surface area contributed by atoms with Crippen LogP contribution in [0, 0.1) is 6.92 Å². The van der Waals surface area contributed by atoms with Crippen LogP contribution in [-0.4, -0.2) is 20.1 Å². The summed E-state index contributed by atoms with van der Waals surface area (Å²) in [6.07, 6.45) is 2.12. The van der Waals surface area contributed by atoms with Gasteiger partial charge in [-0.05, 0) is 25.5 Å². The standard InChI is InChI=1S/C15H21N3O2/c1-3-4-9-18-15(14(10-19)16-17-18)11-20-13-7-5-12(2)6-8-13/h5-8,19H,3-4,9-11H2,1-2H3. The minimum atomic E-state index is -0.112. The second kappa shape index (κ2) is 7.05. The lowest BCUT2D eigenvalue weighted by Crippen LogP contribution is -2.09. The Bertz CT molecular complexity index is 535. The van der Waals surface area contributed by atoms with Crippen LogP contribution in [0.1, 0.15) is 36.7 Å². The number of aromatic nitrogens is 3. The smallest absolute Gasteiger partial charge is 0.132 e. The topological polar surface area (TPSA) is 60.2 Å². The molecule has 1 heterocycles. The van der Waals surface area contributed by atoms with E-state index < -0.39 is 0 Å². The van der Waals surface area contributed by atoms with Gasteiger partial charge in [0.25, 0.3) is 0 Å². The van der Waals surface area contributed by atoms with Crippen molar-refractivity contribution in [2.75, 3.05) is 0 Å². The van der Waals surface area contributed by atoms with Gasteiger partial charge < -0.3 is 9.84 Å². The van der Waals surface area contributed by atoms with Crippen LogP contribution < -0.4 is 4.74 Å². The molecule has 2 rings (SSSR count). The number of unbranched alkanes of at least 4 members (excludes halogenated alkanes) is 1. The van der Waals surface area contributed by atoms with Crippen LogP contribution in [0.3, 0.4) is 0 Å². The van der Waals surface area contributed by atoms with Gasteiger partial charge in [0.2, 0.25) is 0 Å². The summed E-state index contributed by atoms with van der Waals surface area (Å²) < 4.78 is 7.58.